The molecule has 0 heterocycles. The maximum absolute atomic E-state index is 5.39. The number of benzene rings is 4. The van der Waals surface area contributed by atoms with E-state index in [1.807, 2.05) is 48.5 Å². The van der Waals surface area contributed by atoms with Gasteiger partial charge in [0.05, 0.1) is 28.4 Å². The average molecular weight is 507 g/mol. The molecule has 38 heavy (non-hydrogen) atoms. The fraction of sp³-hybridized carbons (Fsp3) is 0.176. The molecule has 0 aliphatic heterocycles. The van der Waals surface area contributed by atoms with E-state index in [2.05, 4.69) is 67.6 Å². The first-order chi connectivity index (χ1) is 18.5. The molecule has 0 aliphatic rings. The normalized spacial score (nSPS) is 10.5. The summed E-state index contributed by atoms with van der Waals surface area (Å²) >= 11 is 0. The highest BCUT2D eigenvalue weighted by molar-refractivity contribution is 5.83. The number of rotatable bonds is 10. The first-order valence-electron chi connectivity index (χ1n) is 12.6. The van der Waals surface area contributed by atoms with Crippen molar-refractivity contribution in [2.75, 3.05) is 28.4 Å². The molecule has 0 aliphatic carbocycles. The Morgan fingerprint density at radius 2 is 0.632 bits per heavy atom. The van der Waals surface area contributed by atoms with Gasteiger partial charge in [0.2, 0.25) is 0 Å². The molecule has 0 amide bonds. The van der Waals surface area contributed by atoms with Gasteiger partial charge in [-0.1, -0.05) is 67.6 Å². The zero-order valence-corrected chi connectivity index (χ0v) is 22.6. The van der Waals surface area contributed by atoms with E-state index < -0.39 is 0 Å². The second-order valence-corrected chi connectivity index (χ2v) is 8.93. The summed E-state index contributed by atoms with van der Waals surface area (Å²) in [5.41, 5.74) is 6.75. The van der Waals surface area contributed by atoms with Crippen molar-refractivity contribution in [3.05, 3.63) is 131 Å². The van der Waals surface area contributed by atoms with Crippen LogP contribution in [-0.2, 0) is 0 Å². The predicted molar refractivity (Wildman–Crippen MR) is 155 cm³/mol. The van der Waals surface area contributed by atoms with Gasteiger partial charge in [-0.25, -0.2) is 0 Å². The van der Waals surface area contributed by atoms with Gasteiger partial charge in [-0.05, 0) is 87.8 Å². The maximum atomic E-state index is 5.39. The van der Waals surface area contributed by atoms with E-state index in [1.54, 1.807) is 28.4 Å². The van der Waals surface area contributed by atoms with Crippen LogP contribution in [0.3, 0.4) is 0 Å². The van der Waals surface area contributed by atoms with Crippen LogP contribution in [0.2, 0.25) is 0 Å². The van der Waals surface area contributed by atoms with Crippen molar-refractivity contribution < 1.29 is 18.9 Å². The van der Waals surface area contributed by atoms with Crippen molar-refractivity contribution in [3.63, 3.8) is 0 Å². The quantitative estimate of drug-likeness (QED) is 0.219. The lowest BCUT2D eigenvalue weighted by molar-refractivity contribution is 0.414. The minimum atomic E-state index is 0.119. The molecule has 0 fully saturated rings. The summed E-state index contributed by atoms with van der Waals surface area (Å²) in [6, 6.07) is 32.7. The fourth-order valence-corrected chi connectivity index (χ4v) is 4.37. The van der Waals surface area contributed by atoms with Crippen LogP contribution >= 0.6 is 0 Å². The van der Waals surface area contributed by atoms with Crippen LogP contribution in [0.1, 0.15) is 29.2 Å². The Morgan fingerprint density at radius 3 is 0.816 bits per heavy atom. The topological polar surface area (TPSA) is 36.9 Å². The van der Waals surface area contributed by atoms with Gasteiger partial charge < -0.3 is 18.9 Å². The zero-order chi connectivity index (χ0) is 26.9. The first-order valence-corrected chi connectivity index (χ1v) is 12.6. The van der Waals surface area contributed by atoms with Gasteiger partial charge in [0, 0.05) is 0 Å². The van der Waals surface area contributed by atoms with Crippen LogP contribution in [0.25, 0.3) is 11.1 Å². The van der Waals surface area contributed by atoms with E-state index in [0.717, 1.165) is 56.4 Å². The first kappa shape index (κ1) is 26.6. The lowest BCUT2D eigenvalue weighted by Gasteiger charge is -2.15. The smallest absolute Gasteiger partial charge is 0.118 e. The van der Waals surface area contributed by atoms with Crippen LogP contribution in [0.4, 0.5) is 0 Å². The molecule has 4 aromatic carbocycles. The van der Waals surface area contributed by atoms with Crippen molar-refractivity contribution in [2.24, 2.45) is 5.92 Å². The SMILES string of the molecule is COc1ccc(C(=CC(C)C=C(c2ccc(OC)cc2)c2ccc(OC)cc2)c2ccc(OC)cc2)cc1. The lowest BCUT2D eigenvalue weighted by atomic mass is 9.90. The third-order valence-electron chi connectivity index (χ3n) is 6.46. The Kier molecular flexibility index (Phi) is 8.89. The molecule has 0 N–H and O–H groups in total. The Balaban J connectivity index is 1.79. The second-order valence-electron chi connectivity index (χ2n) is 8.93. The molecule has 0 bridgehead atoms. The number of allylic oxidation sites excluding steroid dienone is 2. The van der Waals surface area contributed by atoms with Crippen LogP contribution < -0.4 is 18.9 Å². The third kappa shape index (κ3) is 6.46. The largest absolute Gasteiger partial charge is 0.497 e. The van der Waals surface area contributed by atoms with Gasteiger partial charge in [0.1, 0.15) is 23.0 Å². The monoisotopic (exact) mass is 506 g/mol. The fourth-order valence-electron chi connectivity index (χ4n) is 4.37. The molecule has 0 spiro atoms. The summed E-state index contributed by atoms with van der Waals surface area (Å²) in [6.45, 7) is 2.21. The Hall–Kier alpha value is -4.44. The molecular formula is C34H34O4. The van der Waals surface area contributed by atoms with Crippen molar-refractivity contribution in [1.82, 2.24) is 0 Å². The van der Waals surface area contributed by atoms with Crippen molar-refractivity contribution in [2.45, 2.75) is 6.92 Å². The standard InChI is InChI=1S/C34H34O4/c1-24(22-33(25-6-14-29(35-2)15-7-25)26-8-16-30(36-3)17-9-26)23-34(27-10-18-31(37-4)19-11-27)28-12-20-32(38-5)21-13-28/h6-24H,1-5H3. The van der Waals surface area contributed by atoms with Gasteiger partial charge in [0.25, 0.3) is 0 Å². The second kappa shape index (κ2) is 12.7. The highest BCUT2D eigenvalue weighted by Crippen LogP contribution is 2.32. The molecule has 0 aromatic heterocycles. The minimum absolute atomic E-state index is 0.119. The molecule has 0 saturated carbocycles. The van der Waals surface area contributed by atoms with Crippen molar-refractivity contribution >= 4 is 11.1 Å². The van der Waals surface area contributed by atoms with E-state index in [0.29, 0.717) is 0 Å². The molecule has 4 heteroatoms. The molecular weight excluding hydrogens is 472 g/mol. The van der Waals surface area contributed by atoms with E-state index >= 15 is 0 Å². The highest BCUT2D eigenvalue weighted by Gasteiger charge is 2.11. The number of hydrogen-bond acceptors (Lipinski definition) is 4. The van der Waals surface area contributed by atoms with Gasteiger partial charge in [-0.3, -0.25) is 0 Å². The van der Waals surface area contributed by atoms with E-state index in [-0.39, 0.29) is 5.92 Å². The summed E-state index contributed by atoms with van der Waals surface area (Å²) in [7, 11) is 6.73. The molecule has 4 nitrogen and oxygen atoms in total. The Labute approximate surface area is 225 Å². The van der Waals surface area contributed by atoms with Gasteiger partial charge >= 0.3 is 0 Å². The van der Waals surface area contributed by atoms with Gasteiger partial charge in [0.15, 0.2) is 0 Å². The summed E-state index contributed by atoms with van der Waals surface area (Å²) in [5, 5.41) is 0. The highest BCUT2D eigenvalue weighted by atomic mass is 16.5. The van der Waals surface area contributed by atoms with Crippen molar-refractivity contribution in [1.29, 1.82) is 0 Å². The van der Waals surface area contributed by atoms with Crippen molar-refractivity contribution in [3.8, 4) is 23.0 Å². The summed E-state index contributed by atoms with van der Waals surface area (Å²) in [4.78, 5) is 0. The maximum Gasteiger partial charge on any atom is 0.118 e. The van der Waals surface area contributed by atoms with Crippen LogP contribution in [0.15, 0.2) is 109 Å². The summed E-state index contributed by atoms with van der Waals surface area (Å²) in [5.74, 6) is 3.44. The van der Waals surface area contributed by atoms with E-state index in [9.17, 15) is 0 Å². The summed E-state index contributed by atoms with van der Waals surface area (Å²) in [6.07, 6.45) is 4.60. The van der Waals surface area contributed by atoms with Crippen LogP contribution in [0.5, 0.6) is 23.0 Å². The minimum Gasteiger partial charge on any atom is -0.497 e. The molecule has 0 saturated heterocycles. The molecule has 0 atom stereocenters. The lowest BCUT2D eigenvalue weighted by Crippen LogP contribution is -1.96. The Bertz CT molecular complexity index is 1160. The van der Waals surface area contributed by atoms with E-state index in [1.165, 1.54) is 0 Å². The molecule has 0 radical (unpaired) electrons. The third-order valence-corrected chi connectivity index (χ3v) is 6.46. The van der Waals surface area contributed by atoms with Gasteiger partial charge in [-0.15, -0.1) is 0 Å². The number of ether oxygens (including phenoxy) is 4. The average Bonchev–Trinajstić information content (AvgIpc) is 2.99. The number of methoxy groups -OCH3 is 4. The molecule has 0 unspecified atom stereocenters. The molecule has 194 valence electrons. The van der Waals surface area contributed by atoms with E-state index in [4.69, 9.17) is 18.9 Å². The molecule has 4 aromatic rings. The predicted octanol–water partition coefficient (Wildman–Crippen LogP) is 7.92. The zero-order valence-electron chi connectivity index (χ0n) is 22.6. The molecule has 4 rings (SSSR count). The summed E-state index contributed by atoms with van der Waals surface area (Å²) < 4.78 is 21.5. The Morgan fingerprint density at radius 1 is 0.421 bits per heavy atom. The van der Waals surface area contributed by atoms with Crippen LogP contribution in [-0.4, -0.2) is 28.4 Å². The van der Waals surface area contributed by atoms with Crippen LogP contribution in [0, 0.1) is 5.92 Å². The number of hydrogen-bond donors (Lipinski definition) is 0. The van der Waals surface area contributed by atoms with Gasteiger partial charge in [-0.2, -0.15) is 0 Å².